The van der Waals surface area contributed by atoms with Gasteiger partial charge in [-0.1, -0.05) is 0 Å². The molecule has 2 aliphatic rings. The number of rotatable bonds is 3. The molecule has 2 aliphatic heterocycles. The van der Waals surface area contributed by atoms with Gasteiger partial charge in [-0.05, 0) is 12.8 Å². The van der Waals surface area contributed by atoms with Gasteiger partial charge in [0.1, 0.15) is 0 Å². The molecule has 2 bridgehead atoms. The summed E-state index contributed by atoms with van der Waals surface area (Å²) in [6.07, 6.45) is 3.40. The summed E-state index contributed by atoms with van der Waals surface area (Å²) in [5.41, 5.74) is 0. The van der Waals surface area contributed by atoms with Gasteiger partial charge in [0.05, 0.1) is 18.8 Å². The van der Waals surface area contributed by atoms with Crippen LogP contribution in [0.4, 0.5) is 0 Å². The molecular weight excluding hydrogens is 156 g/mol. The molecular formula is C8H16N2O2. The smallest absolute Gasteiger partial charge is 0.0806 e. The largest absolute Gasteiger partial charge is 0.372 e. The quantitative estimate of drug-likeness (QED) is 0.596. The number of nitrogens with two attached hydrogens (primary N) is 1. The first-order chi connectivity index (χ1) is 5.88. The molecule has 0 aromatic heterocycles. The lowest BCUT2D eigenvalue weighted by molar-refractivity contribution is -0.0454. The fraction of sp³-hybridized carbons (Fsp3) is 1.00. The van der Waals surface area contributed by atoms with Crippen LogP contribution in [-0.4, -0.2) is 43.3 Å². The van der Waals surface area contributed by atoms with Crippen molar-refractivity contribution in [2.24, 2.45) is 5.90 Å². The van der Waals surface area contributed by atoms with Gasteiger partial charge in [0, 0.05) is 19.6 Å². The predicted molar refractivity (Wildman–Crippen MR) is 44.5 cm³/mol. The summed E-state index contributed by atoms with van der Waals surface area (Å²) in [4.78, 5) is 6.93. The lowest BCUT2D eigenvalue weighted by Crippen LogP contribution is -2.44. The Morgan fingerprint density at radius 3 is 2.58 bits per heavy atom. The maximum Gasteiger partial charge on any atom is 0.0806 e. The molecule has 70 valence electrons. The van der Waals surface area contributed by atoms with Crippen molar-refractivity contribution in [2.75, 3.05) is 26.2 Å². The molecule has 2 heterocycles. The SMILES string of the molecule is NOCCN1CC2CCC(C1)O2. The second kappa shape index (κ2) is 3.70. The average molecular weight is 172 g/mol. The molecule has 0 spiro atoms. The molecule has 0 saturated carbocycles. The van der Waals surface area contributed by atoms with Crippen LogP contribution in [0.15, 0.2) is 0 Å². The van der Waals surface area contributed by atoms with E-state index in [1.54, 1.807) is 0 Å². The van der Waals surface area contributed by atoms with E-state index in [9.17, 15) is 0 Å². The van der Waals surface area contributed by atoms with Crippen LogP contribution >= 0.6 is 0 Å². The van der Waals surface area contributed by atoms with Crippen molar-refractivity contribution < 1.29 is 9.57 Å². The lowest BCUT2D eigenvalue weighted by Gasteiger charge is -2.31. The van der Waals surface area contributed by atoms with E-state index in [0.717, 1.165) is 19.6 Å². The first-order valence-corrected chi connectivity index (χ1v) is 4.58. The van der Waals surface area contributed by atoms with Crippen LogP contribution in [0.5, 0.6) is 0 Å². The standard InChI is InChI=1S/C8H16N2O2/c9-11-4-3-10-5-7-1-2-8(6-10)12-7/h7-8H,1-6,9H2. The molecule has 0 radical (unpaired) electrons. The summed E-state index contributed by atoms with van der Waals surface area (Å²) >= 11 is 0. The minimum atomic E-state index is 0.474. The van der Waals surface area contributed by atoms with Crippen molar-refractivity contribution in [1.29, 1.82) is 0 Å². The van der Waals surface area contributed by atoms with Crippen LogP contribution in [0.2, 0.25) is 0 Å². The van der Waals surface area contributed by atoms with E-state index in [1.165, 1.54) is 12.8 Å². The van der Waals surface area contributed by atoms with Gasteiger partial charge in [0.2, 0.25) is 0 Å². The van der Waals surface area contributed by atoms with Crippen molar-refractivity contribution in [3.63, 3.8) is 0 Å². The summed E-state index contributed by atoms with van der Waals surface area (Å²) in [6.45, 7) is 3.67. The van der Waals surface area contributed by atoms with Crippen molar-refractivity contribution >= 4 is 0 Å². The maximum absolute atomic E-state index is 5.69. The number of hydrogen-bond acceptors (Lipinski definition) is 4. The van der Waals surface area contributed by atoms with Gasteiger partial charge in [0.25, 0.3) is 0 Å². The van der Waals surface area contributed by atoms with Gasteiger partial charge in [-0.25, -0.2) is 5.90 Å². The summed E-state index contributed by atoms with van der Waals surface area (Å²) in [5, 5.41) is 0. The Kier molecular flexibility index (Phi) is 2.60. The zero-order valence-electron chi connectivity index (χ0n) is 7.24. The Morgan fingerprint density at radius 2 is 2.00 bits per heavy atom. The molecule has 2 N–H and O–H groups in total. The van der Waals surface area contributed by atoms with Gasteiger partial charge in [-0.15, -0.1) is 0 Å². The summed E-state index contributed by atoms with van der Waals surface area (Å²) in [7, 11) is 0. The van der Waals surface area contributed by atoms with Gasteiger partial charge >= 0.3 is 0 Å². The number of morpholine rings is 1. The molecule has 4 heteroatoms. The van der Waals surface area contributed by atoms with E-state index in [0.29, 0.717) is 18.8 Å². The van der Waals surface area contributed by atoms with Crippen LogP contribution in [0, 0.1) is 0 Å². The van der Waals surface area contributed by atoms with E-state index in [-0.39, 0.29) is 0 Å². The summed E-state index contributed by atoms with van der Waals surface area (Å²) < 4.78 is 5.69. The van der Waals surface area contributed by atoms with E-state index >= 15 is 0 Å². The van der Waals surface area contributed by atoms with E-state index in [4.69, 9.17) is 10.6 Å². The number of hydrogen-bond donors (Lipinski definition) is 1. The molecule has 4 nitrogen and oxygen atoms in total. The highest BCUT2D eigenvalue weighted by molar-refractivity contribution is 4.84. The van der Waals surface area contributed by atoms with Crippen molar-refractivity contribution in [1.82, 2.24) is 4.90 Å². The Morgan fingerprint density at radius 1 is 1.33 bits per heavy atom. The Hall–Kier alpha value is -0.160. The van der Waals surface area contributed by atoms with Crippen LogP contribution in [0.3, 0.4) is 0 Å². The number of ether oxygens (including phenoxy) is 1. The molecule has 12 heavy (non-hydrogen) atoms. The zero-order chi connectivity index (χ0) is 8.39. The highest BCUT2D eigenvalue weighted by Crippen LogP contribution is 2.25. The minimum Gasteiger partial charge on any atom is -0.372 e. The van der Waals surface area contributed by atoms with Gasteiger partial charge < -0.3 is 9.57 Å². The topological polar surface area (TPSA) is 47.7 Å². The predicted octanol–water partition coefficient (Wildman–Crippen LogP) is -0.260. The van der Waals surface area contributed by atoms with Gasteiger partial charge in [-0.3, -0.25) is 4.90 Å². The van der Waals surface area contributed by atoms with E-state index < -0.39 is 0 Å². The average Bonchev–Trinajstić information content (AvgIpc) is 2.42. The van der Waals surface area contributed by atoms with Crippen molar-refractivity contribution in [3.8, 4) is 0 Å². The van der Waals surface area contributed by atoms with Crippen molar-refractivity contribution in [2.45, 2.75) is 25.0 Å². The third-order valence-corrected chi connectivity index (χ3v) is 2.64. The minimum absolute atomic E-state index is 0.474. The first-order valence-electron chi connectivity index (χ1n) is 4.58. The molecule has 2 atom stereocenters. The number of likely N-dealkylation sites (tertiary alicyclic amines) is 1. The maximum atomic E-state index is 5.69. The highest BCUT2D eigenvalue weighted by Gasteiger charge is 2.33. The molecule has 2 rings (SSSR count). The monoisotopic (exact) mass is 172 g/mol. The second-order valence-corrected chi connectivity index (χ2v) is 3.59. The van der Waals surface area contributed by atoms with Crippen LogP contribution in [0.25, 0.3) is 0 Å². The Labute approximate surface area is 72.6 Å². The molecule has 0 aromatic carbocycles. The van der Waals surface area contributed by atoms with Crippen LogP contribution in [0.1, 0.15) is 12.8 Å². The first kappa shape index (κ1) is 8.44. The van der Waals surface area contributed by atoms with E-state index in [1.807, 2.05) is 0 Å². The molecule has 2 unspecified atom stereocenters. The molecule has 2 saturated heterocycles. The fourth-order valence-electron chi connectivity index (χ4n) is 2.06. The normalized spacial score (nSPS) is 35.8. The number of fused-ring (bicyclic) bond motifs is 2. The second-order valence-electron chi connectivity index (χ2n) is 3.59. The fourth-order valence-corrected chi connectivity index (χ4v) is 2.06. The highest BCUT2D eigenvalue weighted by atomic mass is 16.6. The van der Waals surface area contributed by atoms with E-state index in [2.05, 4.69) is 9.74 Å². The summed E-state index contributed by atoms with van der Waals surface area (Å²) in [6, 6.07) is 0. The molecule has 0 aliphatic carbocycles. The Balaban J connectivity index is 1.78. The van der Waals surface area contributed by atoms with Crippen LogP contribution in [-0.2, 0) is 9.57 Å². The third kappa shape index (κ3) is 1.77. The third-order valence-electron chi connectivity index (χ3n) is 2.64. The van der Waals surface area contributed by atoms with Gasteiger partial charge in [-0.2, -0.15) is 0 Å². The molecule has 0 amide bonds. The lowest BCUT2D eigenvalue weighted by atomic mass is 10.2. The number of nitrogens with zero attached hydrogens (tertiary/aromatic N) is 1. The summed E-state index contributed by atoms with van der Waals surface area (Å²) in [5.74, 6) is 4.97. The van der Waals surface area contributed by atoms with Gasteiger partial charge in [0.15, 0.2) is 0 Å². The Bertz CT molecular complexity index is 142. The molecule has 0 aromatic rings. The zero-order valence-corrected chi connectivity index (χ0v) is 7.24. The van der Waals surface area contributed by atoms with Crippen LogP contribution < -0.4 is 5.90 Å². The van der Waals surface area contributed by atoms with Crippen molar-refractivity contribution in [3.05, 3.63) is 0 Å². The molecule has 2 fully saturated rings.